The summed E-state index contributed by atoms with van der Waals surface area (Å²) in [6.07, 6.45) is 8.86. The van der Waals surface area contributed by atoms with E-state index in [0.29, 0.717) is 6.04 Å². The number of thiazole rings is 1. The minimum absolute atomic E-state index is 0.629. The van der Waals surface area contributed by atoms with Crippen molar-refractivity contribution in [2.75, 3.05) is 11.4 Å². The summed E-state index contributed by atoms with van der Waals surface area (Å²) in [5.74, 6) is 0. The van der Waals surface area contributed by atoms with E-state index in [1.54, 1.807) is 6.20 Å². The predicted octanol–water partition coefficient (Wildman–Crippen LogP) is 3.11. The van der Waals surface area contributed by atoms with E-state index >= 15 is 0 Å². The van der Waals surface area contributed by atoms with Gasteiger partial charge in [0.1, 0.15) is 0 Å². The summed E-state index contributed by atoms with van der Waals surface area (Å²) >= 11 is 1.52. The van der Waals surface area contributed by atoms with Gasteiger partial charge in [-0.05, 0) is 25.7 Å². The molecule has 4 heteroatoms. The summed E-state index contributed by atoms with van der Waals surface area (Å²) in [6, 6.07) is 0.629. The lowest BCUT2D eigenvalue weighted by Crippen LogP contribution is -2.39. The zero-order valence-electron chi connectivity index (χ0n) is 9.69. The number of nitrogens with zero attached hydrogens (tertiary/aromatic N) is 2. The van der Waals surface area contributed by atoms with Crippen molar-refractivity contribution in [1.82, 2.24) is 4.98 Å². The van der Waals surface area contributed by atoms with E-state index in [-0.39, 0.29) is 0 Å². The molecule has 1 unspecified atom stereocenters. The van der Waals surface area contributed by atoms with Gasteiger partial charge in [-0.15, -0.1) is 0 Å². The highest BCUT2D eigenvalue weighted by atomic mass is 32.1. The van der Waals surface area contributed by atoms with Crippen molar-refractivity contribution < 1.29 is 4.79 Å². The molecule has 0 bridgehead atoms. The molecule has 1 aromatic heterocycles. The number of rotatable bonds is 4. The molecule has 0 aliphatic carbocycles. The van der Waals surface area contributed by atoms with Crippen LogP contribution in [0.3, 0.4) is 0 Å². The molecule has 0 N–H and O–H groups in total. The largest absolute Gasteiger partial charge is 0.345 e. The van der Waals surface area contributed by atoms with Crippen molar-refractivity contribution in [3.63, 3.8) is 0 Å². The molecule has 88 valence electrons. The van der Waals surface area contributed by atoms with Crippen LogP contribution < -0.4 is 4.90 Å². The van der Waals surface area contributed by atoms with Gasteiger partial charge < -0.3 is 4.90 Å². The van der Waals surface area contributed by atoms with Gasteiger partial charge in [-0.3, -0.25) is 4.79 Å². The zero-order chi connectivity index (χ0) is 11.4. The first kappa shape index (κ1) is 11.6. The highest BCUT2D eigenvalue weighted by molar-refractivity contribution is 7.17. The van der Waals surface area contributed by atoms with Crippen LogP contribution in [0.5, 0.6) is 0 Å². The molecule has 0 aromatic carbocycles. The maximum atomic E-state index is 10.7. The normalized spacial score (nSPS) is 21.1. The highest BCUT2D eigenvalue weighted by Crippen LogP contribution is 2.30. The highest BCUT2D eigenvalue weighted by Gasteiger charge is 2.23. The summed E-state index contributed by atoms with van der Waals surface area (Å²) in [4.78, 5) is 18.1. The van der Waals surface area contributed by atoms with Gasteiger partial charge in [-0.1, -0.05) is 24.7 Å². The molecule has 1 aliphatic heterocycles. The summed E-state index contributed by atoms with van der Waals surface area (Å²) in [5, 5.41) is 1.03. The Kier molecular flexibility index (Phi) is 3.93. The first-order chi connectivity index (χ1) is 7.85. The molecule has 16 heavy (non-hydrogen) atoms. The molecule has 1 saturated heterocycles. The van der Waals surface area contributed by atoms with Crippen LogP contribution in [0, 0.1) is 0 Å². The van der Waals surface area contributed by atoms with Crippen LogP contribution in [0.25, 0.3) is 0 Å². The molecule has 1 fully saturated rings. The lowest BCUT2D eigenvalue weighted by atomic mass is 9.99. The van der Waals surface area contributed by atoms with E-state index in [2.05, 4.69) is 16.8 Å². The van der Waals surface area contributed by atoms with Gasteiger partial charge in [0.05, 0.1) is 11.1 Å². The zero-order valence-corrected chi connectivity index (χ0v) is 10.5. The molecule has 0 spiro atoms. The Labute approximate surface area is 100 Å². The van der Waals surface area contributed by atoms with E-state index in [4.69, 9.17) is 0 Å². The Morgan fingerprint density at radius 2 is 2.50 bits per heavy atom. The lowest BCUT2D eigenvalue weighted by molar-refractivity contribution is 0.112. The van der Waals surface area contributed by atoms with Crippen molar-refractivity contribution in [2.24, 2.45) is 0 Å². The number of anilines is 1. The Bertz CT molecular complexity index is 349. The molecule has 0 saturated carbocycles. The second kappa shape index (κ2) is 5.43. The van der Waals surface area contributed by atoms with Crippen molar-refractivity contribution in [1.29, 1.82) is 0 Å². The third-order valence-corrected chi connectivity index (χ3v) is 4.08. The summed E-state index contributed by atoms with van der Waals surface area (Å²) in [7, 11) is 0. The molecule has 2 heterocycles. The van der Waals surface area contributed by atoms with Gasteiger partial charge in [0.15, 0.2) is 11.4 Å². The molecule has 1 aliphatic rings. The summed E-state index contributed by atoms with van der Waals surface area (Å²) in [5.41, 5.74) is 0. The molecule has 3 nitrogen and oxygen atoms in total. The van der Waals surface area contributed by atoms with Crippen LogP contribution in [0.1, 0.15) is 48.7 Å². The smallest absolute Gasteiger partial charge is 0.186 e. The Morgan fingerprint density at radius 1 is 1.62 bits per heavy atom. The average Bonchev–Trinajstić information content (AvgIpc) is 2.79. The maximum absolute atomic E-state index is 10.7. The number of aromatic nitrogens is 1. The van der Waals surface area contributed by atoms with E-state index in [1.807, 2.05) is 0 Å². The van der Waals surface area contributed by atoms with Crippen molar-refractivity contribution >= 4 is 22.8 Å². The van der Waals surface area contributed by atoms with Crippen LogP contribution in [-0.4, -0.2) is 23.9 Å². The predicted molar refractivity (Wildman–Crippen MR) is 67.4 cm³/mol. The van der Waals surface area contributed by atoms with Crippen LogP contribution in [0.2, 0.25) is 0 Å². The van der Waals surface area contributed by atoms with Crippen LogP contribution in [-0.2, 0) is 0 Å². The third-order valence-electron chi connectivity index (χ3n) is 3.12. The third kappa shape index (κ3) is 2.43. The minimum Gasteiger partial charge on any atom is -0.345 e. The number of piperidine rings is 1. The minimum atomic E-state index is 0.629. The second-order valence-electron chi connectivity index (χ2n) is 4.29. The fraction of sp³-hybridized carbons (Fsp3) is 0.667. The number of aldehydes is 1. The van der Waals surface area contributed by atoms with Crippen molar-refractivity contribution in [3.05, 3.63) is 11.1 Å². The van der Waals surface area contributed by atoms with Gasteiger partial charge in [0.2, 0.25) is 0 Å². The molecule has 1 atom stereocenters. The van der Waals surface area contributed by atoms with Gasteiger partial charge in [-0.25, -0.2) is 4.98 Å². The van der Waals surface area contributed by atoms with Crippen LogP contribution in [0.4, 0.5) is 5.13 Å². The molecule has 2 rings (SSSR count). The number of hydrogen-bond donors (Lipinski definition) is 0. The van der Waals surface area contributed by atoms with E-state index < -0.39 is 0 Å². The van der Waals surface area contributed by atoms with Crippen molar-refractivity contribution in [2.45, 2.75) is 45.1 Å². The summed E-state index contributed by atoms with van der Waals surface area (Å²) in [6.45, 7) is 3.32. The Hall–Kier alpha value is -0.900. The maximum Gasteiger partial charge on any atom is 0.186 e. The fourth-order valence-corrected chi connectivity index (χ4v) is 3.18. The summed E-state index contributed by atoms with van der Waals surface area (Å²) < 4.78 is 0. The van der Waals surface area contributed by atoms with E-state index in [9.17, 15) is 4.79 Å². The van der Waals surface area contributed by atoms with Crippen LogP contribution >= 0.6 is 11.3 Å². The average molecular weight is 238 g/mol. The number of carbonyl (C=O) groups excluding carboxylic acids is 1. The van der Waals surface area contributed by atoms with Gasteiger partial charge in [-0.2, -0.15) is 0 Å². The second-order valence-corrected chi connectivity index (χ2v) is 5.34. The number of hydrogen-bond acceptors (Lipinski definition) is 4. The first-order valence-corrected chi connectivity index (χ1v) is 6.84. The molecular formula is C12H18N2OS. The fourth-order valence-electron chi connectivity index (χ4n) is 2.35. The van der Waals surface area contributed by atoms with Crippen molar-refractivity contribution in [3.8, 4) is 0 Å². The van der Waals surface area contributed by atoms with Gasteiger partial charge in [0, 0.05) is 12.6 Å². The monoisotopic (exact) mass is 238 g/mol. The van der Waals surface area contributed by atoms with Gasteiger partial charge in [0.25, 0.3) is 0 Å². The van der Waals surface area contributed by atoms with E-state index in [1.165, 1.54) is 43.4 Å². The molecular weight excluding hydrogens is 220 g/mol. The quantitative estimate of drug-likeness (QED) is 0.756. The standard InChI is InChI=1S/C12H18N2OS/c1-2-5-10-6-3-4-7-14(10)12-13-8-11(9-15)16-12/h8-10H,2-7H2,1H3. The molecule has 1 aromatic rings. The van der Waals surface area contributed by atoms with Gasteiger partial charge >= 0.3 is 0 Å². The lowest BCUT2D eigenvalue weighted by Gasteiger charge is -2.35. The topological polar surface area (TPSA) is 33.2 Å². The van der Waals surface area contributed by atoms with E-state index in [0.717, 1.165) is 22.8 Å². The Morgan fingerprint density at radius 3 is 3.19 bits per heavy atom. The Balaban J connectivity index is 2.12. The van der Waals surface area contributed by atoms with Crippen LogP contribution in [0.15, 0.2) is 6.20 Å². The molecule has 0 amide bonds. The first-order valence-electron chi connectivity index (χ1n) is 6.02. The molecule has 0 radical (unpaired) electrons. The SMILES string of the molecule is CCCC1CCCCN1c1ncc(C=O)s1. The number of carbonyl (C=O) groups is 1.